The molecule has 4 heteroatoms. The van der Waals surface area contributed by atoms with Gasteiger partial charge in [0.25, 0.3) is 0 Å². The van der Waals surface area contributed by atoms with Crippen molar-refractivity contribution < 1.29 is 9.13 Å². The minimum atomic E-state index is -0.304. The highest BCUT2D eigenvalue weighted by molar-refractivity contribution is 5.29. The number of rotatable bonds is 5. The lowest BCUT2D eigenvalue weighted by Gasteiger charge is -2.25. The lowest BCUT2D eigenvalue weighted by atomic mass is 9.88. The zero-order valence-electron chi connectivity index (χ0n) is 12.2. The molecule has 0 bridgehead atoms. The third kappa shape index (κ3) is 3.93. The Morgan fingerprint density at radius 1 is 1.30 bits per heavy atom. The van der Waals surface area contributed by atoms with Crippen LogP contribution in [0.3, 0.4) is 0 Å². The average molecular weight is 280 g/mol. The van der Waals surface area contributed by atoms with Crippen LogP contribution in [0.5, 0.6) is 5.75 Å². The number of ether oxygens (including phenoxy) is 1. The summed E-state index contributed by atoms with van der Waals surface area (Å²) in [5.41, 5.74) is 3.91. The molecule has 3 N–H and O–H groups in total. The zero-order chi connectivity index (χ0) is 14.4. The molecule has 1 aliphatic carbocycles. The van der Waals surface area contributed by atoms with E-state index >= 15 is 0 Å². The van der Waals surface area contributed by atoms with Gasteiger partial charge in [0.2, 0.25) is 0 Å². The average Bonchev–Trinajstić information content (AvgIpc) is 2.74. The zero-order valence-corrected chi connectivity index (χ0v) is 12.2. The van der Waals surface area contributed by atoms with Crippen LogP contribution in [0, 0.1) is 11.7 Å². The van der Waals surface area contributed by atoms with E-state index in [-0.39, 0.29) is 11.9 Å². The maximum absolute atomic E-state index is 13.7. The number of hydrogen-bond acceptors (Lipinski definition) is 3. The van der Waals surface area contributed by atoms with Gasteiger partial charge in [0, 0.05) is 6.04 Å². The third-order valence-corrected chi connectivity index (χ3v) is 4.35. The van der Waals surface area contributed by atoms with E-state index in [2.05, 4.69) is 5.43 Å². The van der Waals surface area contributed by atoms with E-state index in [4.69, 9.17) is 10.6 Å². The lowest BCUT2D eigenvalue weighted by Crippen LogP contribution is -2.42. The van der Waals surface area contributed by atoms with Crippen LogP contribution < -0.4 is 16.0 Å². The van der Waals surface area contributed by atoms with Crippen molar-refractivity contribution in [3.8, 4) is 5.75 Å². The van der Waals surface area contributed by atoms with Gasteiger partial charge in [-0.3, -0.25) is 11.3 Å². The first-order valence-corrected chi connectivity index (χ1v) is 7.53. The van der Waals surface area contributed by atoms with Crippen LogP contribution in [0.15, 0.2) is 18.2 Å². The van der Waals surface area contributed by atoms with E-state index in [1.54, 1.807) is 12.1 Å². The lowest BCUT2D eigenvalue weighted by molar-refractivity contribution is 0.320. The molecule has 3 nitrogen and oxygen atoms in total. The Morgan fingerprint density at radius 2 is 2.00 bits per heavy atom. The van der Waals surface area contributed by atoms with Crippen molar-refractivity contribution in [2.75, 3.05) is 7.11 Å². The Hall–Kier alpha value is -1.13. The Bertz CT molecular complexity index is 417. The molecule has 0 saturated heterocycles. The number of methoxy groups -OCH3 is 1. The molecule has 0 spiro atoms. The molecule has 1 aromatic carbocycles. The van der Waals surface area contributed by atoms with E-state index in [0.29, 0.717) is 11.7 Å². The minimum Gasteiger partial charge on any atom is -0.494 e. The summed E-state index contributed by atoms with van der Waals surface area (Å²) in [7, 11) is 1.48. The second-order valence-electron chi connectivity index (χ2n) is 5.70. The monoisotopic (exact) mass is 280 g/mol. The predicted molar refractivity (Wildman–Crippen MR) is 79.0 cm³/mol. The normalized spacial score (nSPS) is 18.6. The molecule has 20 heavy (non-hydrogen) atoms. The molecule has 1 unspecified atom stereocenters. The predicted octanol–water partition coefficient (Wildman–Crippen LogP) is 3.18. The minimum absolute atomic E-state index is 0.223. The molecule has 1 atom stereocenters. The molecule has 0 amide bonds. The van der Waals surface area contributed by atoms with Crippen molar-refractivity contribution in [2.24, 2.45) is 11.8 Å². The Kier molecular flexibility index (Phi) is 5.80. The summed E-state index contributed by atoms with van der Waals surface area (Å²) in [6, 6.07) is 5.38. The Labute approximate surface area is 120 Å². The van der Waals surface area contributed by atoms with Gasteiger partial charge in [-0.1, -0.05) is 31.7 Å². The highest BCUT2D eigenvalue weighted by Crippen LogP contribution is 2.27. The highest BCUT2D eigenvalue weighted by atomic mass is 19.1. The molecular formula is C16H25FN2O. The van der Waals surface area contributed by atoms with Crippen molar-refractivity contribution in [3.05, 3.63) is 29.6 Å². The Balaban J connectivity index is 2.03. The van der Waals surface area contributed by atoms with Gasteiger partial charge in [-0.2, -0.15) is 0 Å². The van der Waals surface area contributed by atoms with Crippen molar-refractivity contribution in [1.82, 2.24) is 5.43 Å². The van der Waals surface area contributed by atoms with Gasteiger partial charge in [0.1, 0.15) is 0 Å². The molecule has 2 rings (SSSR count). The molecular weight excluding hydrogens is 255 g/mol. The number of benzene rings is 1. The second-order valence-corrected chi connectivity index (χ2v) is 5.70. The van der Waals surface area contributed by atoms with E-state index in [9.17, 15) is 4.39 Å². The number of nitrogens with two attached hydrogens (primary N) is 1. The van der Waals surface area contributed by atoms with Crippen LogP contribution in [0.1, 0.15) is 44.1 Å². The maximum Gasteiger partial charge on any atom is 0.165 e. The van der Waals surface area contributed by atoms with Gasteiger partial charge in [-0.25, -0.2) is 4.39 Å². The van der Waals surface area contributed by atoms with Crippen molar-refractivity contribution in [1.29, 1.82) is 0 Å². The van der Waals surface area contributed by atoms with Crippen LogP contribution in [0.4, 0.5) is 4.39 Å². The van der Waals surface area contributed by atoms with Crippen LogP contribution in [0.25, 0.3) is 0 Å². The third-order valence-electron chi connectivity index (χ3n) is 4.35. The summed E-state index contributed by atoms with van der Waals surface area (Å²) < 4.78 is 18.7. The summed E-state index contributed by atoms with van der Waals surface area (Å²) >= 11 is 0. The fraction of sp³-hybridized carbons (Fsp3) is 0.625. The quantitative estimate of drug-likeness (QED) is 0.495. The molecule has 1 fully saturated rings. The highest BCUT2D eigenvalue weighted by Gasteiger charge is 2.22. The second kappa shape index (κ2) is 7.60. The van der Waals surface area contributed by atoms with Crippen molar-refractivity contribution >= 4 is 0 Å². The summed E-state index contributed by atoms with van der Waals surface area (Å²) in [5, 5.41) is 0. The fourth-order valence-electron chi connectivity index (χ4n) is 3.17. The number of hydrazine groups is 1. The van der Waals surface area contributed by atoms with Gasteiger partial charge in [-0.15, -0.1) is 0 Å². The molecule has 112 valence electrons. The molecule has 0 aliphatic heterocycles. The first-order chi connectivity index (χ1) is 9.74. The SMILES string of the molecule is COc1ccc(CC(NN)C2CCCCCC2)cc1F. The van der Waals surface area contributed by atoms with Gasteiger partial charge < -0.3 is 4.74 Å². The summed E-state index contributed by atoms with van der Waals surface area (Å²) in [4.78, 5) is 0. The van der Waals surface area contributed by atoms with Crippen LogP contribution >= 0.6 is 0 Å². The number of halogens is 1. The number of hydrogen-bond donors (Lipinski definition) is 2. The van der Waals surface area contributed by atoms with Crippen molar-refractivity contribution in [2.45, 2.75) is 51.0 Å². The van der Waals surface area contributed by atoms with Crippen LogP contribution in [-0.4, -0.2) is 13.2 Å². The first kappa shape index (κ1) is 15.3. The van der Waals surface area contributed by atoms with E-state index in [1.165, 1.54) is 45.6 Å². The largest absolute Gasteiger partial charge is 0.494 e. The van der Waals surface area contributed by atoms with Crippen LogP contribution in [-0.2, 0) is 6.42 Å². The van der Waals surface area contributed by atoms with E-state index in [1.807, 2.05) is 6.07 Å². The van der Waals surface area contributed by atoms with Gasteiger partial charge in [0.05, 0.1) is 7.11 Å². The standard InChI is InChI=1S/C16H25FN2O/c1-20-16-9-8-12(10-14(16)17)11-15(19-18)13-6-4-2-3-5-7-13/h8-10,13,15,19H,2-7,11,18H2,1H3. The molecule has 1 saturated carbocycles. The smallest absolute Gasteiger partial charge is 0.165 e. The van der Waals surface area contributed by atoms with E-state index < -0.39 is 0 Å². The fourth-order valence-corrected chi connectivity index (χ4v) is 3.17. The summed E-state index contributed by atoms with van der Waals surface area (Å²) in [6.45, 7) is 0. The molecule has 1 aromatic rings. The van der Waals surface area contributed by atoms with Crippen molar-refractivity contribution in [3.63, 3.8) is 0 Å². The van der Waals surface area contributed by atoms with Gasteiger partial charge in [0.15, 0.2) is 11.6 Å². The molecule has 0 radical (unpaired) electrons. The topological polar surface area (TPSA) is 47.3 Å². The molecule has 0 heterocycles. The molecule has 0 aromatic heterocycles. The molecule has 1 aliphatic rings. The van der Waals surface area contributed by atoms with Crippen LogP contribution in [0.2, 0.25) is 0 Å². The maximum atomic E-state index is 13.7. The first-order valence-electron chi connectivity index (χ1n) is 7.53. The number of nitrogens with one attached hydrogen (secondary N) is 1. The van der Waals surface area contributed by atoms with Gasteiger partial charge in [-0.05, 0) is 42.9 Å². The Morgan fingerprint density at radius 3 is 2.55 bits per heavy atom. The van der Waals surface area contributed by atoms with Gasteiger partial charge >= 0.3 is 0 Å². The van der Waals surface area contributed by atoms with E-state index in [0.717, 1.165) is 12.0 Å². The summed E-state index contributed by atoms with van der Waals surface area (Å²) in [5.74, 6) is 6.31. The summed E-state index contributed by atoms with van der Waals surface area (Å²) in [6.07, 6.45) is 8.40.